The van der Waals surface area contributed by atoms with Crippen LogP contribution in [0.15, 0.2) is 42.5 Å². The molecule has 4 N–H and O–H groups in total. The number of anilines is 3. The lowest BCUT2D eigenvalue weighted by molar-refractivity contribution is -0.131. The number of carbonyl (C=O) groups excluding carboxylic acids is 2. The number of benzene rings is 2. The Balaban J connectivity index is 1.39. The van der Waals surface area contributed by atoms with Crippen molar-refractivity contribution in [2.45, 2.75) is 32.4 Å². The zero-order valence-corrected chi connectivity index (χ0v) is 19.4. The molecule has 35 heavy (non-hydrogen) atoms. The van der Waals surface area contributed by atoms with Gasteiger partial charge in [-0.3, -0.25) is 9.69 Å². The van der Waals surface area contributed by atoms with Gasteiger partial charge in [-0.25, -0.2) is 4.79 Å². The molecule has 3 amide bonds. The normalized spacial score (nSPS) is 19.3. The number of aromatic nitrogens is 3. The minimum Gasteiger partial charge on any atom is -0.490 e. The molecule has 5 rings (SSSR count). The van der Waals surface area contributed by atoms with Crippen molar-refractivity contribution < 1.29 is 19.1 Å². The summed E-state index contributed by atoms with van der Waals surface area (Å²) in [5.74, 6) is 1.09. The molecule has 3 heterocycles. The summed E-state index contributed by atoms with van der Waals surface area (Å²) in [5, 5.41) is 5.89. The Labute approximate surface area is 201 Å². The number of nitrogen functional groups attached to an aromatic ring is 1. The van der Waals surface area contributed by atoms with Crippen LogP contribution in [-0.4, -0.2) is 45.0 Å². The highest BCUT2D eigenvalue weighted by molar-refractivity contribution is 6.07. The maximum Gasteiger partial charge on any atom is 0.325 e. The molecule has 11 heteroatoms. The third-order valence-electron chi connectivity index (χ3n) is 5.99. The van der Waals surface area contributed by atoms with E-state index in [2.05, 4.69) is 25.6 Å². The second-order valence-corrected chi connectivity index (χ2v) is 8.53. The van der Waals surface area contributed by atoms with Crippen molar-refractivity contribution in [2.75, 3.05) is 24.3 Å². The average Bonchev–Trinajstić information content (AvgIpc) is 2.99. The van der Waals surface area contributed by atoms with E-state index in [1.807, 2.05) is 31.2 Å². The number of carbonyl (C=O) groups is 2. The van der Waals surface area contributed by atoms with Crippen molar-refractivity contribution in [3.8, 4) is 11.5 Å². The Kier molecular flexibility index (Phi) is 5.59. The zero-order chi connectivity index (χ0) is 24.6. The summed E-state index contributed by atoms with van der Waals surface area (Å²) >= 11 is 0. The van der Waals surface area contributed by atoms with E-state index < -0.39 is 17.5 Å². The fourth-order valence-electron chi connectivity index (χ4n) is 4.05. The lowest BCUT2D eigenvalue weighted by Gasteiger charge is -2.23. The summed E-state index contributed by atoms with van der Waals surface area (Å²) in [4.78, 5) is 40.0. The second kappa shape index (κ2) is 8.75. The van der Waals surface area contributed by atoms with Gasteiger partial charge in [0.1, 0.15) is 5.54 Å². The molecule has 3 aromatic rings. The standard InChI is InChI=1S/C24H25N7O4/c1-14-6-3-4-7-16(14)26-22-28-19(27-21(25)29-22)13-31-20(32)24(2,30-23(31)33)15-8-9-17-18(12-15)35-11-5-10-34-17/h3-4,6-9,12H,5,10-11,13H2,1-2H3,(H,30,33)(H3,25,26,27,28,29)/t24-/m1/s1. The van der Waals surface area contributed by atoms with Gasteiger partial charge in [0.05, 0.1) is 19.8 Å². The van der Waals surface area contributed by atoms with Gasteiger partial charge < -0.3 is 25.8 Å². The molecular weight excluding hydrogens is 450 g/mol. The Morgan fingerprint density at radius 2 is 1.86 bits per heavy atom. The van der Waals surface area contributed by atoms with Crippen molar-refractivity contribution in [1.82, 2.24) is 25.2 Å². The monoisotopic (exact) mass is 475 g/mol. The number of imide groups is 1. The fourth-order valence-corrected chi connectivity index (χ4v) is 4.05. The van der Waals surface area contributed by atoms with Gasteiger partial charge in [-0.05, 0) is 43.2 Å². The zero-order valence-electron chi connectivity index (χ0n) is 19.4. The van der Waals surface area contributed by atoms with Gasteiger partial charge in [0.25, 0.3) is 5.91 Å². The first-order chi connectivity index (χ1) is 16.8. The average molecular weight is 476 g/mol. The predicted octanol–water partition coefficient (Wildman–Crippen LogP) is 2.63. The van der Waals surface area contributed by atoms with Gasteiger partial charge in [0, 0.05) is 12.1 Å². The summed E-state index contributed by atoms with van der Waals surface area (Å²) in [6.07, 6.45) is 0.764. The van der Waals surface area contributed by atoms with Gasteiger partial charge in [0.2, 0.25) is 11.9 Å². The number of hydrogen-bond acceptors (Lipinski definition) is 9. The Morgan fingerprint density at radius 1 is 1.09 bits per heavy atom. The number of urea groups is 1. The molecule has 1 atom stereocenters. The molecule has 0 aliphatic carbocycles. The van der Waals surface area contributed by atoms with Crippen LogP contribution in [0.25, 0.3) is 0 Å². The van der Waals surface area contributed by atoms with E-state index in [1.165, 1.54) is 0 Å². The lowest BCUT2D eigenvalue weighted by atomic mass is 9.91. The van der Waals surface area contributed by atoms with Crippen LogP contribution < -0.4 is 25.8 Å². The van der Waals surface area contributed by atoms with Crippen molar-refractivity contribution >= 4 is 29.5 Å². The summed E-state index contributed by atoms with van der Waals surface area (Å²) in [6, 6.07) is 12.3. The molecular formula is C24H25N7O4. The molecule has 1 aromatic heterocycles. The molecule has 2 aromatic carbocycles. The first kappa shape index (κ1) is 22.4. The van der Waals surface area contributed by atoms with Crippen LogP contribution in [0.3, 0.4) is 0 Å². The molecule has 0 spiro atoms. The molecule has 0 bridgehead atoms. The van der Waals surface area contributed by atoms with Gasteiger partial charge in [0.15, 0.2) is 17.3 Å². The molecule has 2 aliphatic heterocycles. The van der Waals surface area contributed by atoms with E-state index in [0.717, 1.165) is 22.6 Å². The molecule has 180 valence electrons. The van der Waals surface area contributed by atoms with E-state index in [0.29, 0.717) is 30.3 Å². The Bertz CT molecular complexity index is 1310. The third kappa shape index (κ3) is 4.27. The minimum atomic E-state index is -1.29. The van der Waals surface area contributed by atoms with Crippen molar-refractivity contribution in [2.24, 2.45) is 0 Å². The van der Waals surface area contributed by atoms with Gasteiger partial charge in [-0.2, -0.15) is 15.0 Å². The van der Waals surface area contributed by atoms with Gasteiger partial charge in [-0.15, -0.1) is 0 Å². The summed E-state index contributed by atoms with van der Waals surface area (Å²) in [7, 11) is 0. The van der Waals surface area contributed by atoms with E-state index in [9.17, 15) is 9.59 Å². The van der Waals surface area contributed by atoms with Crippen molar-refractivity contribution in [3.05, 3.63) is 59.4 Å². The molecule has 2 aliphatic rings. The largest absolute Gasteiger partial charge is 0.490 e. The predicted molar refractivity (Wildman–Crippen MR) is 127 cm³/mol. The third-order valence-corrected chi connectivity index (χ3v) is 5.99. The maximum atomic E-state index is 13.4. The number of nitrogens with one attached hydrogen (secondary N) is 2. The number of para-hydroxylation sites is 1. The van der Waals surface area contributed by atoms with E-state index in [4.69, 9.17) is 15.2 Å². The van der Waals surface area contributed by atoms with Crippen LogP contribution in [0.1, 0.15) is 30.3 Å². The number of amides is 3. The number of fused-ring (bicyclic) bond motifs is 1. The Hall–Kier alpha value is -4.41. The summed E-state index contributed by atoms with van der Waals surface area (Å²) in [6.45, 7) is 4.50. The molecule has 11 nitrogen and oxygen atoms in total. The SMILES string of the molecule is Cc1ccccc1Nc1nc(N)nc(CN2C(=O)N[C@](C)(c3ccc4c(c3)OCCCO4)C2=O)n1. The molecule has 1 saturated heterocycles. The number of nitrogens with two attached hydrogens (primary N) is 1. The van der Waals surface area contributed by atoms with Crippen molar-refractivity contribution in [1.29, 1.82) is 0 Å². The highest BCUT2D eigenvalue weighted by atomic mass is 16.5. The fraction of sp³-hybridized carbons (Fsp3) is 0.292. The summed E-state index contributed by atoms with van der Waals surface area (Å²) < 4.78 is 11.4. The van der Waals surface area contributed by atoms with E-state index >= 15 is 0 Å². The van der Waals surface area contributed by atoms with Crippen LogP contribution in [0.2, 0.25) is 0 Å². The van der Waals surface area contributed by atoms with Crippen LogP contribution in [-0.2, 0) is 16.9 Å². The van der Waals surface area contributed by atoms with E-state index in [1.54, 1.807) is 25.1 Å². The first-order valence-electron chi connectivity index (χ1n) is 11.2. The molecule has 0 radical (unpaired) electrons. The molecule has 1 fully saturated rings. The van der Waals surface area contributed by atoms with E-state index in [-0.39, 0.29) is 24.3 Å². The quantitative estimate of drug-likeness (QED) is 0.474. The van der Waals surface area contributed by atoms with Crippen LogP contribution >= 0.6 is 0 Å². The Morgan fingerprint density at radius 3 is 2.66 bits per heavy atom. The second-order valence-electron chi connectivity index (χ2n) is 8.53. The van der Waals surface area contributed by atoms with Crippen LogP contribution in [0.5, 0.6) is 11.5 Å². The van der Waals surface area contributed by atoms with Gasteiger partial charge in [-0.1, -0.05) is 24.3 Å². The van der Waals surface area contributed by atoms with Crippen LogP contribution in [0.4, 0.5) is 22.4 Å². The lowest BCUT2D eigenvalue weighted by Crippen LogP contribution is -2.40. The van der Waals surface area contributed by atoms with Gasteiger partial charge >= 0.3 is 6.03 Å². The number of hydrogen-bond donors (Lipinski definition) is 3. The van der Waals surface area contributed by atoms with Crippen molar-refractivity contribution in [3.63, 3.8) is 0 Å². The number of nitrogens with zero attached hydrogens (tertiary/aromatic N) is 4. The molecule has 0 saturated carbocycles. The maximum absolute atomic E-state index is 13.4. The summed E-state index contributed by atoms with van der Waals surface area (Å²) in [5.41, 5.74) is 6.98. The highest BCUT2D eigenvalue weighted by Crippen LogP contribution is 2.37. The topological polar surface area (TPSA) is 145 Å². The van der Waals surface area contributed by atoms with Crippen LogP contribution in [0, 0.1) is 6.92 Å². The minimum absolute atomic E-state index is 0.0243. The number of ether oxygens (including phenoxy) is 2. The smallest absolute Gasteiger partial charge is 0.325 e. The number of aryl methyl sites for hydroxylation is 1. The number of rotatable bonds is 5. The highest BCUT2D eigenvalue weighted by Gasteiger charge is 2.49. The first-order valence-corrected chi connectivity index (χ1v) is 11.2. The molecule has 0 unspecified atom stereocenters.